The number of nitrogens with one attached hydrogen (secondary N) is 4. The fourth-order valence-electron chi connectivity index (χ4n) is 13.0. The Hall–Kier alpha value is -7.84. The molecule has 1 fully saturated rings. The Morgan fingerprint density at radius 1 is 0.480 bits per heavy atom. The van der Waals surface area contributed by atoms with E-state index >= 15 is 19.2 Å². The second-order valence-corrected chi connectivity index (χ2v) is 29.6. The molecule has 0 radical (unpaired) electrons. The summed E-state index contributed by atoms with van der Waals surface area (Å²) in [4.78, 5) is 183. The first-order valence-electron chi connectivity index (χ1n) is 36.6. The van der Waals surface area contributed by atoms with Crippen LogP contribution in [0.25, 0.3) is 0 Å². The van der Waals surface area contributed by atoms with Crippen molar-refractivity contribution in [3.63, 3.8) is 0 Å². The predicted octanol–water partition coefficient (Wildman–Crippen LogP) is 4.06. The number of likely N-dealkylation sites (tertiary alicyclic amines) is 1. The number of amides is 11. The Morgan fingerprint density at radius 3 is 1.43 bits per heavy atom. The molecule has 0 aromatic heterocycles. The molecule has 0 bridgehead atoms. The van der Waals surface area contributed by atoms with Crippen LogP contribution in [-0.2, 0) is 70.4 Å². The number of carbonyl (C=O) groups excluding carboxylic acids is 12. The molecular weight excluding hydrogens is 1300 g/mol. The lowest BCUT2D eigenvalue weighted by Crippen LogP contribution is -2.62. The smallest absolute Gasteiger partial charge is 0.248 e. The van der Waals surface area contributed by atoms with Gasteiger partial charge < -0.3 is 70.6 Å². The van der Waals surface area contributed by atoms with E-state index in [1.165, 1.54) is 73.7 Å². The quantitative estimate of drug-likeness (QED) is 0.0403. The lowest BCUT2D eigenvalue weighted by atomic mass is 9.96. The van der Waals surface area contributed by atoms with Gasteiger partial charge in [-0.05, 0) is 139 Å². The third-order valence-corrected chi connectivity index (χ3v) is 19.1. The summed E-state index contributed by atoms with van der Waals surface area (Å²) in [5.41, 5.74) is 1.50. The van der Waals surface area contributed by atoms with Crippen molar-refractivity contribution < 1.29 is 67.7 Å². The topological polar surface area (TPSA) is 319 Å². The van der Waals surface area contributed by atoms with E-state index in [4.69, 9.17) is 0 Å². The molecule has 6 N–H and O–H groups in total. The van der Waals surface area contributed by atoms with Gasteiger partial charge in [-0.2, -0.15) is 0 Å². The minimum atomic E-state index is -1.66. The van der Waals surface area contributed by atoms with Crippen molar-refractivity contribution in [3.8, 4) is 0 Å². The summed E-state index contributed by atoms with van der Waals surface area (Å²) in [5.74, 6) is -7.41. The summed E-state index contributed by atoms with van der Waals surface area (Å²) in [5, 5.41) is 32.5. The first-order valence-corrected chi connectivity index (χ1v) is 36.6. The molecule has 11 amide bonds. The fraction of sp³-hybridized carbons (Fsp3) is 0.684. The fourth-order valence-corrected chi connectivity index (χ4v) is 13.0. The summed E-state index contributed by atoms with van der Waals surface area (Å²) >= 11 is 0. The highest BCUT2D eigenvalue weighted by Crippen LogP contribution is 2.24. The van der Waals surface area contributed by atoms with Gasteiger partial charge in [-0.1, -0.05) is 123 Å². The monoisotopic (exact) mass is 1430 g/mol. The summed E-state index contributed by atoms with van der Waals surface area (Å²) in [6, 6.07) is 6.49. The van der Waals surface area contributed by atoms with Crippen molar-refractivity contribution >= 4 is 71.3 Å². The third kappa shape index (κ3) is 27.4. The van der Waals surface area contributed by atoms with Gasteiger partial charge in [0.15, 0.2) is 0 Å². The van der Waals surface area contributed by atoms with E-state index in [1.54, 1.807) is 48.2 Å². The first-order chi connectivity index (χ1) is 48.0. The highest BCUT2D eigenvalue weighted by Gasteiger charge is 2.43. The number of nitrogens with zero attached hydrogens (tertiary/aromatic N) is 8. The summed E-state index contributed by atoms with van der Waals surface area (Å²) < 4.78 is 0. The highest BCUT2D eigenvalue weighted by atomic mass is 16.3. The molecule has 572 valence electrons. The van der Waals surface area contributed by atoms with Crippen molar-refractivity contribution in [2.45, 2.75) is 232 Å². The molecule has 11 atom stereocenters. The van der Waals surface area contributed by atoms with Crippen molar-refractivity contribution in [2.75, 3.05) is 82.6 Å². The van der Waals surface area contributed by atoms with Gasteiger partial charge in [0.05, 0.1) is 18.7 Å². The maximum atomic E-state index is 15.5. The minimum absolute atomic E-state index is 0.00906. The van der Waals surface area contributed by atoms with Crippen LogP contribution in [0.2, 0.25) is 0 Å². The van der Waals surface area contributed by atoms with Crippen LogP contribution in [-0.4, -0.2) is 270 Å². The maximum Gasteiger partial charge on any atom is 0.248 e. The average Bonchev–Trinajstić information content (AvgIpc) is 0.813. The number of aliphatic hydroxyl groups is 2. The van der Waals surface area contributed by atoms with Gasteiger partial charge in [-0.15, -0.1) is 0 Å². The number of aldehydes is 1. The molecule has 1 heterocycles. The zero-order chi connectivity index (χ0) is 76.8. The van der Waals surface area contributed by atoms with Crippen LogP contribution in [0.3, 0.4) is 0 Å². The van der Waals surface area contributed by atoms with Crippen molar-refractivity contribution in [3.05, 3.63) is 71.8 Å². The van der Waals surface area contributed by atoms with E-state index < -0.39 is 132 Å². The Morgan fingerprint density at radius 2 is 0.922 bits per heavy atom. The van der Waals surface area contributed by atoms with Crippen LogP contribution in [0, 0.1) is 23.7 Å². The van der Waals surface area contributed by atoms with E-state index in [9.17, 15) is 48.6 Å². The third-order valence-electron chi connectivity index (χ3n) is 19.1. The SMILES string of the molecule is CC[C@@H](C(=O)N[C@@H](CC(C)C)C(=O)N(C)[C@@H](CC(C)C)C(=O)N(C)[C@@H](Cc1ccccc1)C(=O)N[C@@H](CCCCO)C(=O)N(C)[C@@H](CCc1ccccc1)C(=O)N(C)[C@@H](CC(C)C)C(=O)N[C@H](C(=O)N(C)CC(=O)N(C)[C@@H](CC(C)C)C(=O)N[C@@H](CC=O)C(=O)N1CCCCC1)[C@@H](C)O)N(C)C. The molecule has 1 aliphatic rings. The zero-order valence-electron chi connectivity index (χ0n) is 64.3. The van der Waals surface area contributed by atoms with Crippen molar-refractivity contribution in [2.24, 2.45) is 23.7 Å². The van der Waals surface area contributed by atoms with Gasteiger partial charge in [-0.3, -0.25) is 57.6 Å². The minimum Gasteiger partial charge on any atom is -0.396 e. The van der Waals surface area contributed by atoms with Crippen LogP contribution in [0.15, 0.2) is 60.7 Å². The molecule has 26 heteroatoms. The van der Waals surface area contributed by atoms with Crippen molar-refractivity contribution in [1.82, 2.24) is 60.5 Å². The number of benzene rings is 2. The predicted molar refractivity (Wildman–Crippen MR) is 392 cm³/mol. The van der Waals surface area contributed by atoms with E-state index in [0.717, 1.165) is 29.7 Å². The number of carbonyl (C=O) groups is 12. The van der Waals surface area contributed by atoms with Crippen LogP contribution in [0.4, 0.5) is 0 Å². The molecule has 0 saturated carbocycles. The Labute approximate surface area is 607 Å². The number of piperidine rings is 1. The Bertz CT molecular complexity index is 3020. The van der Waals surface area contributed by atoms with Gasteiger partial charge in [0.2, 0.25) is 65.0 Å². The van der Waals surface area contributed by atoms with Crippen LogP contribution in [0.1, 0.15) is 164 Å². The molecule has 0 aliphatic carbocycles. The highest BCUT2D eigenvalue weighted by molar-refractivity contribution is 5.99. The number of hydrogen-bond donors (Lipinski definition) is 6. The zero-order valence-corrected chi connectivity index (χ0v) is 64.3. The lowest BCUT2D eigenvalue weighted by Gasteiger charge is -2.38. The number of unbranched alkanes of at least 4 members (excludes halogenated alkanes) is 1. The molecule has 0 spiro atoms. The molecule has 2 aromatic carbocycles. The molecule has 3 rings (SSSR count). The number of likely N-dealkylation sites (N-methyl/N-ethyl adjacent to an activating group) is 7. The largest absolute Gasteiger partial charge is 0.396 e. The number of aryl methyl sites for hydroxylation is 1. The molecule has 0 unspecified atom stereocenters. The lowest BCUT2D eigenvalue weighted by molar-refractivity contribution is -0.151. The molecule has 1 aliphatic heterocycles. The number of aliphatic hydroxyl groups excluding tert-OH is 2. The Balaban J connectivity index is 2.06. The Kier molecular flexibility index (Phi) is 38.1. The van der Waals surface area contributed by atoms with E-state index in [-0.39, 0.29) is 100 Å². The average molecular weight is 1430 g/mol. The van der Waals surface area contributed by atoms with Gasteiger partial charge in [0, 0.05) is 74.8 Å². The van der Waals surface area contributed by atoms with Gasteiger partial charge >= 0.3 is 0 Å². The summed E-state index contributed by atoms with van der Waals surface area (Å²) in [6.45, 7) is 18.4. The summed E-state index contributed by atoms with van der Waals surface area (Å²) in [6.07, 6.45) is 3.21. The van der Waals surface area contributed by atoms with Crippen molar-refractivity contribution in [1.29, 1.82) is 0 Å². The van der Waals surface area contributed by atoms with E-state index in [0.29, 0.717) is 37.8 Å². The maximum absolute atomic E-state index is 15.5. The van der Waals surface area contributed by atoms with E-state index in [2.05, 4.69) is 21.3 Å². The van der Waals surface area contributed by atoms with Crippen LogP contribution in [0.5, 0.6) is 0 Å². The number of rotatable bonds is 43. The first kappa shape index (κ1) is 88.4. The van der Waals surface area contributed by atoms with Crippen LogP contribution < -0.4 is 21.3 Å². The van der Waals surface area contributed by atoms with Crippen LogP contribution >= 0.6 is 0 Å². The molecule has 1 saturated heterocycles. The molecule has 102 heavy (non-hydrogen) atoms. The molecule has 26 nitrogen and oxygen atoms in total. The summed E-state index contributed by atoms with van der Waals surface area (Å²) in [7, 11) is 12.1. The molecular formula is C76H124N12O14. The van der Waals surface area contributed by atoms with E-state index in [1.807, 2.05) is 98.7 Å². The normalized spacial score (nSPS) is 15.7. The second kappa shape index (κ2) is 44.0. The molecule has 2 aromatic rings. The van der Waals surface area contributed by atoms with Gasteiger partial charge in [-0.25, -0.2) is 0 Å². The standard InChI is InChI=1S/C76H124N12O14/c1-19-59(81(11)12)67(93)79-58(43-49(2)3)72(98)87(18)64(46-52(8)9)75(101)86(17)63(47-55-33-25-21-26-34-55)69(95)77-56(35-27-30-41-89)71(97)84(15)60(37-36-54-31-23-20-24-32-54)74(100)85(16)62(45-51(6)7)70(96)80-66(53(10)91)76(102)82(13)48-65(92)83(14)61(44-50(4)5)68(94)78-57(38-42-90)73(99)88-39-28-22-29-40-88/h20-21,23-26,31-34,42,49-53,56-64,66,89,91H,19,22,27-30,35-41,43-48H2,1-18H3,(H,77,95)(H,78,94)(H,79,93)(H,80,96)/t53-,56+,57+,58+,59+,60+,61+,62+,63+,64+,66+/m1/s1. The second-order valence-electron chi connectivity index (χ2n) is 29.6. The van der Waals surface area contributed by atoms with Gasteiger partial charge in [0.25, 0.3) is 0 Å². The van der Waals surface area contributed by atoms with Gasteiger partial charge in [0.1, 0.15) is 60.7 Å². The number of hydrogen-bond acceptors (Lipinski definition) is 15.